The Morgan fingerprint density at radius 3 is 2.50 bits per heavy atom. The minimum absolute atomic E-state index is 0.114. The van der Waals surface area contributed by atoms with Gasteiger partial charge in [0.2, 0.25) is 5.78 Å². The summed E-state index contributed by atoms with van der Waals surface area (Å²) in [6.07, 6.45) is 1.77. The van der Waals surface area contributed by atoms with Gasteiger partial charge in [-0.15, -0.1) is 0 Å². The second-order valence-corrected chi connectivity index (χ2v) is 7.83. The molecule has 0 aliphatic carbocycles. The van der Waals surface area contributed by atoms with Crippen molar-refractivity contribution in [3.63, 3.8) is 0 Å². The van der Waals surface area contributed by atoms with Crippen LogP contribution in [0.5, 0.6) is 11.5 Å². The van der Waals surface area contributed by atoms with E-state index in [9.17, 15) is 4.79 Å². The third-order valence-corrected chi connectivity index (χ3v) is 5.37. The molecule has 30 heavy (non-hydrogen) atoms. The number of carbonyl (C=O) groups is 1. The van der Waals surface area contributed by atoms with Gasteiger partial charge in [-0.25, -0.2) is 0 Å². The van der Waals surface area contributed by atoms with E-state index in [0.717, 1.165) is 22.4 Å². The molecule has 0 unspecified atom stereocenters. The van der Waals surface area contributed by atoms with E-state index >= 15 is 0 Å². The number of ketones is 1. The van der Waals surface area contributed by atoms with Gasteiger partial charge in [0, 0.05) is 36.4 Å². The van der Waals surface area contributed by atoms with Gasteiger partial charge in [-0.2, -0.15) is 0 Å². The van der Waals surface area contributed by atoms with Gasteiger partial charge in [-0.05, 0) is 48.4 Å². The molecule has 1 heterocycles. The zero-order valence-electron chi connectivity index (χ0n) is 17.1. The summed E-state index contributed by atoms with van der Waals surface area (Å²) in [6.45, 7) is 2.23. The highest BCUT2D eigenvalue weighted by molar-refractivity contribution is 6.31. The minimum Gasteiger partial charge on any atom is -0.489 e. The monoisotopic (exact) mass is 419 g/mol. The van der Waals surface area contributed by atoms with Crippen LogP contribution in [0.2, 0.25) is 5.02 Å². The fourth-order valence-corrected chi connectivity index (χ4v) is 3.55. The van der Waals surface area contributed by atoms with E-state index in [2.05, 4.69) is 0 Å². The standard InChI is InChI=1S/C25H22ClNO3/c1-16-12-20(29-15-18-6-4-5-7-21(18)26)14-22-24(16)25(28)23(30-22)13-17-8-10-19(11-9-17)27(2)3/h4-14H,15H2,1-3H3/b23-13-. The van der Waals surface area contributed by atoms with Crippen molar-refractivity contribution in [3.8, 4) is 11.5 Å². The van der Waals surface area contributed by atoms with Crippen LogP contribution >= 0.6 is 11.6 Å². The molecule has 0 saturated carbocycles. The molecule has 0 N–H and O–H groups in total. The lowest BCUT2D eigenvalue weighted by molar-refractivity contribution is 0.101. The number of Topliss-reactive ketones (excluding diaryl/α,β-unsaturated/α-hetero) is 1. The Balaban J connectivity index is 1.55. The van der Waals surface area contributed by atoms with Crippen molar-refractivity contribution in [3.05, 3.63) is 93.7 Å². The number of rotatable bonds is 5. The van der Waals surface area contributed by atoms with Gasteiger partial charge in [-0.1, -0.05) is 41.9 Å². The smallest absolute Gasteiger partial charge is 0.232 e. The molecule has 3 aromatic rings. The first kappa shape index (κ1) is 20.0. The molecule has 4 nitrogen and oxygen atoms in total. The maximum absolute atomic E-state index is 12.9. The normalized spacial score (nSPS) is 13.9. The number of anilines is 1. The van der Waals surface area contributed by atoms with Gasteiger partial charge in [0.25, 0.3) is 0 Å². The van der Waals surface area contributed by atoms with Crippen LogP contribution in [-0.2, 0) is 6.61 Å². The lowest BCUT2D eigenvalue weighted by Gasteiger charge is -2.11. The number of nitrogens with zero attached hydrogens (tertiary/aromatic N) is 1. The minimum atomic E-state index is -0.114. The van der Waals surface area contributed by atoms with Crippen LogP contribution in [-0.4, -0.2) is 19.9 Å². The van der Waals surface area contributed by atoms with E-state index in [1.165, 1.54) is 0 Å². The molecule has 0 spiro atoms. The van der Waals surface area contributed by atoms with Crippen LogP contribution in [0.4, 0.5) is 5.69 Å². The quantitative estimate of drug-likeness (QED) is 0.482. The predicted octanol–water partition coefficient (Wildman–Crippen LogP) is 5.91. The van der Waals surface area contributed by atoms with Crippen molar-refractivity contribution >= 4 is 29.1 Å². The number of hydrogen-bond donors (Lipinski definition) is 0. The number of fused-ring (bicyclic) bond motifs is 1. The van der Waals surface area contributed by atoms with Crippen molar-refractivity contribution in [2.45, 2.75) is 13.5 Å². The molecule has 1 aliphatic heterocycles. The lowest BCUT2D eigenvalue weighted by atomic mass is 10.0. The van der Waals surface area contributed by atoms with Gasteiger partial charge in [0.15, 0.2) is 5.76 Å². The molecule has 152 valence electrons. The number of hydrogen-bond acceptors (Lipinski definition) is 4. The van der Waals surface area contributed by atoms with E-state index in [4.69, 9.17) is 21.1 Å². The highest BCUT2D eigenvalue weighted by Crippen LogP contribution is 2.38. The SMILES string of the molecule is Cc1cc(OCc2ccccc2Cl)cc2c1C(=O)/C(=C/c1ccc(N(C)C)cc1)O2. The van der Waals surface area contributed by atoms with Crippen LogP contribution in [0.15, 0.2) is 66.4 Å². The fourth-order valence-electron chi connectivity index (χ4n) is 3.36. The highest BCUT2D eigenvalue weighted by atomic mass is 35.5. The van der Waals surface area contributed by atoms with Crippen LogP contribution in [0.25, 0.3) is 6.08 Å². The Kier molecular flexibility index (Phi) is 5.51. The molecule has 0 amide bonds. The molecular formula is C25H22ClNO3. The third-order valence-electron chi connectivity index (χ3n) is 5.00. The third kappa shape index (κ3) is 4.05. The highest BCUT2D eigenvalue weighted by Gasteiger charge is 2.30. The Morgan fingerprint density at radius 1 is 1.07 bits per heavy atom. The van der Waals surface area contributed by atoms with E-state index in [-0.39, 0.29) is 5.78 Å². The first-order valence-corrected chi connectivity index (χ1v) is 10.0. The van der Waals surface area contributed by atoms with Crippen molar-refractivity contribution in [1.82, 2.24) is 0 Å². The maximum atomic E-state index is 12.9. The number of halogens is 1. The average molecular weight is 420 g/mol. The molecule has 1 aliphatic rings. The molecule has 0 fully saturated rings. The van der Waals surface area contributed by atoms with Gasteiger partial charge in [0.05, 0.1) is 5.56 Å². The molecule has 0 radical (unpaired) electrons. The first-order chi connectivity index (χ1) is 14.4. The summed E-state index contributed by atoms with van der Waals surface area (Å²) in [7, 11) is 3.98. The summed E-state index contributed by atoms with van der Waals surface area (Å²) in [6, 6.07) is 19.1. The molecule has 4 rings (SSSR count). The van der Waals surface area contributed by atoms with Crippen molar-refractivity contribution < 1.29 is 14.3 Å². The van der Waals surface area contributed by atoms with E-state index in [0.29, 0.717) is 34.5 Å². The lowest BCUT2D eigenvalue weighted by Crippen LogP contribution is -2.08. The second kappa shape index (κ2) is 8.25. The van der Waals surface area contributed by atoms with Crippen LogP contribution in [0, 0.1) is 6.92 Å². The summed E-state index contributed by atoms with van der Waals surface area (Å²) in [5.74, 6) is 1.35. The van der Waals surface area contributed by atoms with Crippen molar-refractivity contribution in [2.24, 2.45) is 0 Å². The number of benzene rings is 3. The zero-order chi connectivity index (χ0) is 21.3. The summed E-state index contributed by atoms with van der Waals surface area (Å²) < 4.78 is 11.8. The van der Waals surface area contributed by atoms with Crippen molar-refractivity contribution in [1.29, 1.82) is 0 Å². The average Bonchev–Trinajstić information content (AvgIpc) is 3.03. The Morgan fingerprint density at radius 2 is 1.80 bits per heavy atom. The topological polar surface area (TPSA) is 38.8 Å². The molecule has 0 atom stereocenters. The molecule has 3 aromatic carbocycles. The zero-order valence-corrected chi connectivity index (χ0v) is 17.9. The van der Waals surface area contributed by atoms with Gasteiger partial charge in [0.1, 0.15) is 18.1 Å². The van der Waals surface area contributed by atoms with E-state index < -0.39 is 0 Å². The molecular weight excluding hydrogens is 398 g/mol. The van der Waals surface area contributed by atoms with Gasteiger partial charge < -0.3 is 14.4 Å². The number of aryl methyl sites for hydroxylation is 1. The summed E-state index contributed by atoms with van der Waals surface area (Å²) in [4.78, 5) is 14.9. The molecule has 0 bridgehead atoms. The molecule has 5 heteroatoms. The summed E-state index contributed by atoms with van der Waals surface area (Å²) >= 11 is 6.20. The Labute approximate surface area is 181 Å². The fraction of sp³-hybridized carbons (Fsp3) is 0.160. The largest absolute Gasteiger partial charge is 0.489 e. The summed E-state index contributed by atoms with van der Waals surface area (Å²) in [5.41, 5.74) is 4.30. The second-order valence-electron chi connectivity index (χ2n) is 7.42. The molecule has 0 aromatic heterocycles. The first-order valence-electron chi connectivity index (χ1n) is 9.65. The number of ether oxygens (including phenoxy) is 2. The summed E-state index contributed by atoms with van der Waals surface area (Å²) in [5, 5.41) is 0.660. The Bertz CT molecular complexity index is 1130. The van der Waals surface area contributed by atoms with E-state index in [1.54, 1.807) is 12.1 Å². The van der Waals surface area contributed by atoms with Crippen LogP contribution in [0.3, 0.4) is 0 Å². The Hall–Kier alpha value is -3.24. The number of carbonyl (C=O) groups excluding carboxylic acids is 1. The molecule has 0 saturated heterocycles. The van der Waals surface area contributed by atoms with Crippen molar-refractivity contribution in [2.75, 3.05) is 19.0 Å². The predicted molar refractivity (Wildman–Crippen MR) is 121 cm³/mol. The maximum Gasteiger partial charge on any atom is 0.232 e. The van der Waals surface area contributed by atoms with Crippen LogP contribution in [0.1, 0.15) is 27.0 Å². The van der Waals surface area contributed by atoms with Gasteiger partial charge >= 0.3 is 0 Å². The van der Waals surface area contributed by atoms with E-state index in [1.807, 2.05) is 80.5 Å². The number of allylic oxidation sites excluding steroid dienone is 1. The van der Waals surface area contributed by atoms with Gasteiger partial charge in [-0.3, -0.25) is 4.79 Å². The van der Waals surface area contributed by atoms with Crippen LogP contribution < -0.4 is 14.4 Å².